The summed E-state index contributed by atoms with van der Waals surface area (Å²) in [5, 5.41) is 0. The minimum Gasteiger partial charge on any atom is -0.350 e. The molecule has 0 aliphatic heterocycles. The van der Waals surface area contributed by atoms with E-state index in [0.29, 0.717) is 12.1 Å². The molecule has 0 N–H and O–H groups in total. The lowest BCUT2D eigenvalue weighted by atomic mass is 10.2. The van der Waals surface area contributed by atoms with E-state index in [-0.39, 0.29) is 5.82 Å². The molecule has 0 amide bonds. The number of nitrogens with zero attached hydrogens (tertiary/aromatic N) is 2. The Kier molecular flexibility index (Phi) is 2.08. The number of hydrogen-bond acceptors (Lipinski definition) is 1. The van der Waals surface area contributed by atoms with Gasteiger partial charge in [-0.2, -0.15) is 0 Å². The van der Waals surface area contributed by atoms with Crippen molar-refractivity contribution in [3.8, 4) is 0 Å². The minimum atomic E-state index is -0.254. The second-order valence-corrected chi connectivity index (χ2v) is 2.82. The van der Waals surface area contributed by atoms with Crippen molar-refractivity contribution in [1.29, 1.82) is 0 Å². The van der Waals surface area contributed by atoms with Crippen molar-refractivity contribution in [3.05, 3.63) is 54.4 Å². The van der Waals surface area contributed by atoms with E-state index >= 15 is 0 Å². The topological polar surface area (TPSA) is 17.8 Å². The van der Waals surface area contributed by atoms with Gasteiger partial charge in [0.15, 0.2) is 0 Å². The van der Waals surface area contributed by atoms with Crippen LogP contribution in [0.4, 0.5) is 4.39 Å². The molecule has 2 aromatic rings. The highest BCUT2D eigenvalue weighted by molar-refractivity contribution is 5.13. The fourth-order valence-corrected chi connectivity index (χ4v) is 1.20. The van der Waals surface area contributed by atoms with Gasteiger partial charge in [-0.25, -0.2) is 4.39 Å². The van der Waals surface area contributed by atoms with E-state index < -0.39 is 0 Å². The minimum absolute atomic E-state index is 0.254. The van der Waals surface area contributed by atoms with Crippen LogP contribution in [0.15, 0.2) is 43.0 Å². The van der Waals surface area contributed by atoms with E-state index in [4.69, 9.17) is 0 Å². The van der Waals surface area contributed by atoms with Crippen LogP contribution in [-0.2, 0) is 6.54 Å². The number of aromatic nitrogens is 2. The van der Waals surface area contributed by atoms with E-state index in [1.54, 1.807) is 12.3 Å². The molecule has 0 aliphatic rings. The van der Waals surface area contributed by atoms with Crippen LogP contribution in [0.3, 0.4) is 0 Å². The smallest absolute Gasteiger partial charge is 0.146 e. The quantitative estimate of drug-likeness (QED) is 0.685. The average molecular weight is 176 g/mol. The van der Waals surface area contributed by atoms with Crippen LogP contribution < -0.4 is 0 Å². The summed E-state index contributed by atoms with van der Waals surface area (Å²) in [4.78, 5) is 3.69. The van der Waals surface area contributed by atoms with E-state index in [9.17, 15) is 4.39 Å². The molecule has 2 heterocycles. The molecule has 0 atom stereocenters. The van der Waals surface area contributed by atoms with Crippen molar-refractivity contribution in [2.45, 2.75) is 6.54 Å². The van der Waals surface area contributed by atoms with Crippen LogP contribution in [0.25, 0.3) is 0 Å². The third-order valence-corrected chi connectivity index (χ3v) is 1.88. The second-order valence-electron chi connectivity index (χ2n) is 2.82. The predicted molar refractivity (Wildman–Crippen MR) is 47.7 cm³/mol. The normalized spacial score (nSPS) is 10.2. The first-order valence-electron chi connectivity index (χ1n) is 4.05. The fraction of sp³-hybridized carbons (Fsp3) is 0.100. The Balaban J connectivity index is 2.24. The summed E-state index contributed by atoms with van der Waals surface area (Å²) in [7, 11) is 0. The van der Waals surface area contributed by atoms with E-state index in [1.807, 2.05) is 29.1 Å². The highest BCUT2D eigenvalue weighted by Gasteiger charge is 2.00. The van der Waals surface area contributed by atoms with Gasteiger partial charge in [-0.1, -0.05) is 0 Å². The van der Waals surface area contributed by atoms with Crippen LogP contribution in [0.5, 0.6) is 0 Å². The van der Waals surface area contributed by atoms with Crippen molar-refractivity contribution >= 4 is 0 Å². The molecule has 13 heavy (non-hydrogen) atoms. The number of hydrogen-bond donors (Lipinski definition) is 0. The van der Waals surface area contributed by atoms with Gasteiger partial charge in [0.2, 0.25) is 0 Å². The zero-order valence-electron chi connectivity index (χ0n) is 7.02. The zero-order chi connectivity index (χ0) is 9.10. The highest BCUT2D eigenvalue weighted by Crippen LogP contribution is 2.06. The molecule has 0 saturated heterocycles. The molecule has 2 aromatic heterocycles. The molecule has 66 valence electrons. The Morgan fingerprint density at radius 1 is 1.31 bits per heavy atom. The summed E-state index contributed by atoms with van der Waals surface area (Å²) < 4.78 is 15.0. The lowest BCUT2D eigenvalue weighted by Crippen LogP contribution is -1.99. The summed E-state index contributed by atoms with van der Waals surface area (Å²) in [5.41, 5.74) is 0.659. The van der Waals surface area contributed by atoms with Crippen molar-refractivity contribution in [3.63, 3.8) is 0 Å². The van der Waals surface area contributed by atoms with Gasteiger partial charge >= 0.3 is 0 Å². The maximum absolute atomic E-state index is 13.1. The molecule has 0 saturated carbocycles. The number of pyridine rings is 1. The van der Waals surface area contributed by atoms with Gasteiger partial charge in [0.05, 0.1) is 6.20 Å². The maximum Gasteiger partial charge on any atom is 0.146 e. The standard InChI is InChI=1S/C10H9FN2/c11-10-7-12-4-3-9(10)8-13-5-1-2-6-13/h1-7H,8H2. The van der Waals surface area contributed by atoms with Crippen LogP contribution in [0.1, 0.15) is 5.56 Å². The number of halogens is 1. The molecular weight excluding hydrogens is 167 g/mol. The van der Waals surface area contributed by atoms with E-state index in [2.05, 4.69) is 4.98 Å². The third-order valence-electron chi connectivity index (χ3n) is 1.88. The van der Waals surface area contributed by atoms with E-state index in [0.717, 1.165) is 0 Å². The molecule has 0 bridgehead atoms. The van der Waals surface area contributed by atoms with Crippen LogP contribution >= 0.6 is 0 Å². The van der Waals surface area contributed by atoms with E-state index in [1.165, 1.54) is 6.20 Å². The first kappa shape index (κ1) is 7.98. The highest BCUT2D eigenvalue weighted by atomic mass is 19.1. The Morgan fingerprint density at radius 2 is 2.08 bits per heavy atom. The summed E-state index contributed by atoms with van der Waals surface area (Å²) in [6, 6.07) is 5.52. The zero-order valence-corrected chi connectivity index (χ0v) is 7.02. The van der Waals surface area contributed by atoms with Gasteiger partial charge < -0.3 is 4.57 Å². The first-order valence-corrected chi connectivity index (χ1v) is 4.05. The molecular formula is C10H9FN2. The first-order chi connectivity index (χ1) is 6.36. The van der Waals surface area contributed by atoms with Crippen molar-refractivity contribution in [2.75, 3.05) is 0 Å². The van der Waals surface area contributed by atoms with Crippen LogP contribution in [0, 0.1) is 5.82 Å². The molecule has 0 fully saturated rings. The Bertz CT molecular complexity index is 382. The fourth-order valence-electron chi connectivity index (χ4n) is 1.20. The Labute approximate surface area is 75.7 Å². The van der Waals surface area contributed by atoms with Gasteiger partial charge in [-0.3, -0.25) is 4.98 Å². The van der Waals surface area contributed by atoms with Gasteiger partial charge in [0.25, 0.3) is 0 Å². The third kappa shape index (κ3) is 1.75. The van der Waals surface area contributed by atoms with Gasteiger partial charge in [-0.05, 0) is 18.2 Å². The SMILES string of the molecule is Fc1cnccc1Cn1cccc1. The molecule has 2 nitrogen and oxygen atoms in total. The lowest BCUT2D eigenvalue weighted by molar-refractivity contribution is 0.593. The lowest BCUT2D eigenvalue weighted by Gasteiger charge is -2.03. The largest absolute Gasteiger partial charge is 0.350 e. The van der Waals surface area contributed by atoms with Gasteiger partial charge in [0, 0.05) is 30.7 Å². The van der Waals surface area contributed by atoms with Gasteiger partial charge in [-0.15, -0.1) is 0 Å². The summed E-state index contributed by atoms with van der Waals surface area (Å²) in [5.74, 6) is -0.254. The Morgan fingerprint density at radius 3 is 2.77 bits per heavy atom. The second kappa shape index (κ2) is 3.39. The molecule has 0 unspecified atom stereocenters. The van der Waals surface area contributed by atoms with Gasteiger partial charge in [0.1, 0.15) is 5.82 Å². The molecule has 2 rings (SSSR count). The molecule has 0 spiro atoms. The Hall–Kier alpha value is -1.64. The van der Waals surface area contributed by atoms with Crippen LogP contribution in [0.2, 0.25) is 0 Å². The van der Waals surface area contributed by atoms with Crippen LogP contribution in [-0.4, -0.2) is 9.55 Å². The monoisotopic (exact) mass is 176 g/mol. The number of rotatable bonds is 2. The maximum atomic E-state index is 13.1. The molecule has 0 radical (unpaired) electrons. The van der Waals surface area contributed by atoms with Crippen molar-refractivity contribution in [1.82, 2.24) is 9.55 Å². The van der Waals surface area contributed by atoms with Crippen molar-refractivity contribution < 1.29 is 4.39 Å². The van der Waals surface area contributed by atoms with Crippen molar-refractivity contribution in [2.24, 2.45) is 0 Å². The predicted octanol–water partition coefficient (Wildman–Crippen LogP) is 2.07. The summed E-state index contributed by atoms with van der Waals surface area (Å²) >= 11 is 0. The molecule has 0 aromatic carbocycles. The molecule has 3 heteroatoms. The average Bonchev–Trinajstić information content (AvgIpc) is 2.61. The summed E-state index contributed by atoms with van der Waals surface area (Å²) in [6.45, 7) is 0.557. The summed E-state index contributed by atoms with van der Waals surface area (Å²) in [6.07, 6.45) is 6.64. The molecule has 0 aliphatic carbocycles.